The summed E-state index contributed by atoms with van der Waals surface area (Å²) in [6.45, 7) is 5.23. The maximum absolute atomic E-state index is 13.7. The number of hydrogen-bond acceptors (Lipinski definition) is 4. The van der Waals surface area contributed by atoms with Crippen molar-refractivity contribution in [2.24, 2.45) is 0 Å². The van der Waals surface area contributed by atoms with E-state index >= 15 is 0 Å². The third kappa shape index (κ3) is 6.00. The molecule has 1 aromatic rings. The van der Waals surface area contributed by atoms with Gasteiger partial charge < -0.3 is 19.5 Å². The standard InChI is InChI=1S/C14H22FNO3/c1-3-18-9-10-19-14-12(5-4-6-13(14)15)11-16-7-8-17-2/h4-6,16H,3,7-11H2,1-2H3. The summed E-state index contributed by atoms with van der Waals surface area (Å²) in [6.07, 6.45) is 0. The summed E-state index contributed by atoms with van der Waals surface area (Å²) in [6, 6.07) is 4.92. The minimum absolute atomic E-state index is 0.298. The molecule has 19 heavy (non-hydrogen) atoms. The van der Waals surface area contributed by atoms with Crippen molar-refractivity contribution >= 4 is 0 Å². The molecule has 5 heteroatoms. The smallest absolute Gasteiger partial charge is 0.165 e. The molecule has 0 aliphatic rings. The van der Waals surface area contributed by atoms with Crippen molar-refractivity contribution in [3.8, 4) is 5.75 Å². The summed E-state index contributed by atoms with van der Waals surface area (Å²) in [5, 5.41) is 3.17. The number of benzene rings is 1. The number of hydrogen-bond donors (Lipinski definition) is 1. The topological polar surface area (TPSA) is 39.7 Å². The van der Waals surface area contributed by atoms with Gasteiger partial charge in [-0.05, 0) is 13.0 Å². The van der Waals surface area contributed by atoms with E-state index in [1.54, 1.807) is 13.2 Å². The molecule has 4 nitrogen and oxygen atoms in total. The SMILES string of the molecule is CCOCCOc1c(F)cccc1CNCCOC. The number of para-hydroxylation sites is 1. The first kappa shape index (κ1) is 15.9. The van der Waals surface area contributed by atoms with Crippen LogP contribution in [0.15, 0.2) is 18.2 Å². The quantitative estimate of drug-likeness (QED) is 0.661. The first-order valence-electron chi connectivity index (χ1n) is 6.47. The summed E-state index contributed by atoms with van der Waals surface area (Å²) in [5.74, 6) is -0.0466. The first-order valence-corrected chi connectivity index (χ1v) is 6.47. The lowest BCUT2D eigenvalue weighted by Gasteiger charge is -2.13. The van der Waals surface area contributed by atoms with Gasteiger partial charge in [-0.3, -0.25) is 0 Å². The monoisotopic (exact) mass is 271 g/mol. The third-order valence-electron chi connectivity index (χ3n) is 2.53. The second-order valence-corrected chi connectivity index (χ2v) is 3.94. The molecule has 108 valence electrons. The van der Waals surface area contributed by atoms with E-state index in [0.717, 1.165) is 5.56 Å². The Morgan fingerprint density at radius 1 is 1.21 bits per heavy atom. The van der Waals surface area contributed by atoms with E-state index in [4.69, 9.17) is 14.2 Å². The molecule has 1 rings (SSSR count). The highest BCUT2D eigenvalue weighted by molar-refractivity contribution is 5.34. The molecule has 0 radical (unpaired) electrons. The Hall–Kier alpha value is -1.17. The number of halogens is 1. The van der Waals surface area contributed by atoms with E-state index in [9.17, 15) is 4.39 Å². The van der Waals surface area contributed by atoms with Crippen LogP contribution in [-0.2, 0) is 16.0 Å². The molecule has 0 fully saturated rings. The minimum atomic E-state index is -0.345. The zero-order chi connectivity index (χ0) is 13.9. The second-order valence-electron chi connectivity index (χ2n) is 3.94. The fourth-order valence-corrected chi connectivity index (χ4v) is 1.60. The Labute approximate surface area is 113 Å². The van der Waals surface area contributed by atoms with Gasteiger partial charge in [-0.1, -0.05) is 12.1 Å². The van der Waals surface area contributed by atoms with E-state index in [-0.39, 0.29) is 5.82 Å². The summed E-state index contributed by atoms with van der Waals surface area (Å²) in [4.78, 5) is 0. The molecule has 0 heterocycles. The first-order chi connectivity index (χ1) is 9.29. The lowest BCUT2D eigenvalue weighted by Crippen LogP contribution is -2.19. The van der Waals surface area contributed by atoms with Gasteiger partial charge in [0.25, 0.3) is 0 Å². The van der Waals surface area contributed by atoms with Gasteiger partial charge in [-0.25, -0.2) is 4.39 Å². The van der Waals surface area contributed by atoms with Crippen LogP contribution in [0.25, 0.3) is 0 Å². The average Bonchev–Trinajstić information content (AvgIpc) is 2.42. The number of rotatable bonds is 10. The van der Waals surface area contributed by atoms with E-state index in [0.29, 0.717) is 45.3 Å². The maximum Gasteiger partial charge on any atom is 0.165 e. The van der Waals surface area contributed by atoms with Gasteiger partial charge in [0.15, 0.2) is 11.6 Å². The molecule has 0 aromatic heterocycles. The summed E-state index contributed by atoms with van der Waals surface area (Å²) in [5.41, 5.74) is 0.799. The average molecular weight is 271 g/mol. The highest BCUT2D eigenvalue weighted by atomic mass is 19.1. The van der Waals surface area contributed by atoms with E-state index in [2.05, 4.69) is 5.32 Å². The van der Waals surface area contributed by atoms with Crippen LogP contribution in [0.2, 0.25) is 0 Å². The van der Waals surface area contributed by atoms with Crippen molar-refractivity contribution in [1.29, 1.82) is 0 Å². The molecular formula is C14H22FNO3. The Kier molecular flexibility index (Phi) is 8.13. The maximum atomic E-state index is 13.7. The van der Waals surface area contributed by atoms with Gasteiger partial charge >= 0.3 is 0 Å². The lowest BCUT2D eigenvalue weighted by atomic mass is 10.2. The molecule has 0 saturated heterocycles. The Bertz CT molecular complexity index is 361. The molecule has 0 amide bonds. The molecule has 0 spiro atoms. The predicted molar refractivity (Wildman–Crippen MR) is 72.0 cm³/mol. The second kappa shape index (κ2) is 9.72. The molecule has 0 bridgehead atoms. The molecule has 0 aliphatic carbocycles. The molecule has 0 unspecified atom stereocenters. The summed E-state index contributed by atoms with van der Waals surface area (Å²) >= 11 is 0. The molecule has 1 aromatic carbocycles. The van der Waals surface area contributed by atoms with Crippen molar-refractivity contribution in [1.82, 2.24) is 5.32 Å². The van der Waals surface area contributed by atoms with Gasteiger partial charge in [0.2, 0.25) is 0 Å². The minimum Gasteiger partial charge on any atom is -0.488 e. The molecule has 1 N–H and O–H groups in total. The molecule has 0 atom stereocenters. The van der Waals surface area contributed by atoms with Gasteiger partial charge in [-0.2, -0.15) is 0 Å². The Morgan fingerprint density at radius 2 is 2.05 bits per heavy atom. The molecular weight excluding hydrogens is 249 g/mol. The number of ether oxygens (including phenoxy) is 3. The Morgan fingerprint density at radius 3 is 2.79 bits per heavy atom. The number of nitrogens with one attached hydrogen (secondary N) is 1. The van der Waals surface area contributed by atoms with E-state index < -0.39 is 0 Å². The lowest BCUT2D eigenvalue weighted by molar-refractivity contribution is 0.108. The summed E-state index contributed by atoms with van der Waals surface area (Å²) in [7, 11) is 1.64. The predicted octanol–water partition coefficient (Wildman–Crippen LogP) is 1.98. The van der Waals surface area contributed by atoms with E-state index in [1.807, 2.05) is 13.0 Å². The van der Waals surface area contributed by atoms with Gasteiger partial charge in [0.05, 0.1) is 13.2 Å². The van der Waals surface area contributed by atoms with Crippen LogP contribution in [-0.4, -0.2) is 40.1 Å². The van der Waals surface area contributed by atoms with Crippen LogP contribution < -0.4 is 10.1 Å². The van der Waals surface area contributed by atoms with E-state index in [1.165, 1.54) is 6.07 Å². The van der Waals surface area contributed by atoms with Gasteiger partial charge in [0.1, 0.15) is 6.61 Å². The normalized spacial score (nSPS) is 10.7. The zero-order valence-corrected chi connectivity index (χ0v) is 11.6. The van der Waals surface area contributed by atoms with Crippen LogP contribution in [0.3, 0.4) is 0 Å². The van der Waals surface area contributed by atoms with Crippen molar-refractivity contribution in [3.05, 3.63) is 29.6 Å². The van der Waals surface area contributed by atoms with Crippen molar-refractivity contribution in [2.75, 3.05) is 40.1 Å². The highest BCUT2D eigenvalue weighted by Crippen LogP contribution is 2.22. The molecule has 0 saturated carbocycles. The Balaban J connectivity index is 2.51. The fourth-order valence-electron chi connectivity index (χ4n) is 1.60. The fraction of sp³-hybridized carbons (Fsp3) is 0.571. The van der Waals surface area contributed by atoms with Crippen LogP contribution in [0.5, 0.6) is 5.75 Å². The highest BCUT2D eigenvalue weighted by Gasteiger charge is 2.09. The van der Waals surface area contributed by atoms with Gasteiger partial charge in [0, 0.05) is 32.4 Å². The van der Waals surface area contributed by atoms with Crippen molar-refractivity contribution in [2.45, 2.75) is 13.5 Å². The molecule has 0 aliphatic heterocycles. The van der Waals surface area contributed by atoms with Gasteiger partial charge in [-0.15, -0.1) is 0 Å². The van der Waals surface area contributed by atoms with Crippen LogP contribution >= 0.6 is 0 Å². The third-order valence-corrected chi connectivity index (χ3v) is 2.53. The zero-order valence-electron chi connectivity index (χ0n) is 11.6. The van der Waals surface area contributed by atoms with Crippen LogP contribution in [0.1, 0.15) is 12.5 Å². The van der Waals surface area contributed by atoms with Crippen LogP contribution in [0.4, 0.5) is 4.39 Å². The van der Waals surface area contributed by atoms with Crippen LogP contribution in [0, 0.1) is 5.82 Å². The van der Waals surface area contributed by atoms with Crippen molar-refractivity contribution < 1.29 is 18.6 Å². The summed E-state index contributed by atoms with van der Waals surface area (Å²) < 4.78 is 29.3. The largest absolute Gasteiger partial charge is 0.488 e. The number of methoxy groups -OCH3 is 1. The van der Waals surface area contributed by atoms with Crippen molar-refractivity contribution in [3.63, 3.8) is 0 Å².